The number of Topliss-reactive ketones (excluding diaryl/α,β-unsaturated/α-hetero) is 1. The zero-order chi connectivity index (χ0) is 51.0. The molecule has 19 nitrogen and oxygen atoms in total. The van der Waals surface area contributed by atoms with E-state index < -0.39 is 0 Å². The highest BCUT2D eigenvalue weighted by molar-refractivity contribution is 6.05. The van der Waals surface area contributed by atoms with Crippen molar-refractivity contribution >= 4 is 47.3 Å². The summed E-state index contributed by atoms with van der Waals surface area (Å²) in [6.45, 7) is 9.68. The average Bonchev–Trinajstić information content (AvgIpc) is 3.96. The molecule has 386 valence electrons. The van der Waals surface area contributed by atoms with Crippen LogP contribution in [0.25, 0.3) is 0 Å². The average molecular weight is 995 g/mol. The lowest BCUT2D eigenvalue weighted by atomic mass is 10.1. The fourth-order valence-corrected chi connectivity index (χ4v) is 8.61. The van der Waals surface area contributed by atoms with Crippen molar-refractivity contribution in [1.29, 1.82) is 0 Å². The molecule has 72 heavy (non-hydrogen) atoms. The van der Waals surface area contributed by atoms with Crippen molar-refractivity contribution in [3.05, 3.63) is 82.2 Å². The van der Waals surface area contributed by atoms with E-state index in [2.05, 4.69) is 0 Å². The maximum absolute atomic E-state index is 13.7. The van der Waals surface area contributed by atoms with Gasteiger partial charge in [-0.25, -0.2) is 0 Å². The van der Waals surface area contributed by atoms with Crippen molar-refractivity contribution in [3.63, 3.8) is 0 Å². The summed E-state index contributed by atoms with van der Waals surface area (Å²) in [5.74, 6) is 1.34. The number of ether oxygens (including phenoxy) is 9. The van der Waals surface area contributed by atoms with Gasteiger partial charge in [-0.2, -0.15) is 0 Å². The SMILES string of the molecule is C/C=C1\C[C@H]2C=Nc3cc(OCc4cc(OCCN(CCC(C)=O)C(=O)CCOCCOCCOCCOC)cc(COc5cc6c(cc5OC)C(=O)N5C/C(=C/C)C[C@H]5C=N6)n4)c(OC)cc3C(=O)N2C1. The molecule has 3 aromatic rings. The van der Waals surface area contributed by atoms with Crippen LogP contribution in [0.3, 0.4) is 0 Å². The highest BCUT2D eigenvalue weighted by atomic mass is 16.6. The van der Waals surface area contributed by atoms with Gasteiger partial charge >= 0.3 is 0 Å². The Balaban J connectivity index is 1.06. The van der Waals surface area contributed by atoms with Gasteiger partial charge in [0.25, 0.3) is 11.8 Å². The Morgan fingerprint density at radius 1 is 0.625 bits per heavy atom. The summed E-state index contributed by atoms with van der Waals surface area (Å²) in [4.78, 5) is 72.4. The van der Waals surface area contributed by atoms with Crippen LogP contribution < -0.4 is 23.7 Å². The molecular formula is C53H66N6O13. The van der Waals surface area contributed by atoms with E-state index in [9.17, 15) is 19.2 Å². The number of aliphatic imine (C=N–C) groups is 2. The van der Waals surface area contributed by atoms with E-state index in [1.165, 1.54) is 32.3 Å². The van der Waals surface area contributed by atoms with Gasteiger partial charge in [-0.05, 0) is 45.7 Å². The Labute approximate surface area is 420 Å². The standard InChI is InChI=1S/C53H66N6O13/c1-7-36-21-40-29-54-45-27-49(47(65-5)25-43(45)52(62)58(40)31-36)71-33-38-23-42(70-14-12-57(11-9-35(3)60)51(61)10-13-67-17-18-69-20-19-68-16-15-64-4)24-39(56-38)34-72-50-28-46-44(26-48(50)66-6)53(63)59-32-37(8-2)22-41(59)30-55-46/h7-8,23-30,40-41H,9-22,31-34H2,1-6H3/b36-7+,37-8+/t40-,41-/m0/s1. The molecule has 0 bridgehead atoms. The predicted octanol–water partition coefficient (Wildman–Crippen LogP) is 6.28. The second kappa shape index (κ2) is 26.1. The highest BCUT2D eigenvalue weighted by Gasteiger charge is 2.36. The number of ketones is 1. The van der Waals surface area contributed by atoms with Crippen LogP contribution in [-0.2, 0) is 41.8 Å². The summed E-state index contributed by atoms with van der Waals surface area (Å²) in [7, 11) is 4.63. The summed E-state index contributed by atoms with van der Waals surface area (Å²) in [5.41, 5.74) is 5.07. The smallest absolute Gasteiger partial charge is 0.257 e. The van der Waals surface area contributed by atoms with Crippen LogP contribution in [0.1, 0.15) is 78.6 Å². The molecule has 19 heteroatoms. The molecule has 0 radical (unpaired) electrons. The summed E-state index contributed by atoms with van der Waals surface area (Å²) in [6, 6.07) is 9.88. The Hall–Kier alpha value is -6.67. The molecule has 0 N–H and O–H groups in total. The number of pyridine rings is 1. The number of benzene rings is 2. The number of aromatic nitrogens is 1. The third-order valence-electron chi connectivity index (χ3n) is 12.6. The number of allylic oxidation sites excluding steroid dienone is 2. The number of carbonyl (C=O) groups is 4. The molecule has 4 aliphatic heterocycles. The number of nitrogens with zero attached hydrogens (tertiary/aromatic N) is 6. The van der Waals surface area contributed by atoms with Crippen LogP contribution in [0.4, 0.5) is 11.4 Å². The molecule has 4 aliphatic rings. The van der Waals surface area contributed by atoms with Crippen molar-refractivity contribution < 1.29 is 61.8 Å². The molecule has 0 spiro atoms. The predicted molar refractivity (Wildman–Crippen MR) is 268 cm³/mol. The summed E-state index contributed by atoms with van der Waals surface area (Å²) >= 11 is 0. The van der Waals surface area contributed by atoms with E-state index in [1.54, 1.807) is 48.4 Å². The van der Waals surface area contributed by atoms with Gasteiger partial charge in [0.15, 0.2) is 23.0 Å². The topological polar surface area (TPSA) is 199 Å². The molecule has 2 fully saturated rings. The molecular weight excluding hydrogens is 929 g/mol. The Morgan fingerprint density at radius 3 is 1.60 bits per heavy atom. The van der Waals surface area contributed by atoms with Gasteiger partial charge in [0.05, 0.1) is 119 Å². The van der Waals surface area contributed by atoms with Crippen molar-refractivity contribution in [2.45, 2.75) is 71.8 Å². The van der Waals surface area contributed by atoms with Crippen molar-refractivity contribution in [3.8, 4) is 28.7 Å². The molecule has 1 aromatic heterocycles. The first-order valence-corrected chi connectivity index (χ1v) is 24.3. The molecule has 3 amide bonds. The van der Waals surface area contributed by atoms with E-state index in [4.69, 9.17) is 57.6 Å². The van der Waals surface area contributed by atoms with Crippen molar-refractivity contribution in [2.24, 2.45) is 9.98 Å². The summed E-state index contributed by atoms with van der Waals surface area (Å²) < 4.78 is 52.0. The summed E-state index contributed by atoms with van der Waals surface area (Å²) in [6.07, 6.45) is 9.46. The molecule has 0 unspecified atom stereocenters. The van der Waals surface area contributed by atoms with Crippen LogP contribution in [0, 0.1) is 0 Å². The van der Waals surface area contributed by atoms with E-state index in [1.807, 2.05) is 48.2 Å². The number of hydrogen-bond acceptors (Lipinski definition) is 16. The minimum atomic E-state index is -0.183. The van der Waals surface area contributed by atoms with Gasteiger partial charge in [-0.1, -0.05) is 23.3 Å². The fraction of sp³-hybridized carbons (Fsp3) is 0.491. The normalized spacial score (nSPS) is 17.9. The lowest BCUT2D eigenvalue weighted by Crippen LogP contribution is -2.36. The first-order chi connectivity index (χ1) is 35.0. The molecule has 0 aliphatic carbocycles. The molecule has 0 saturated carbocycles. The summed E-state index contributed by atoms with van der Waals surface area (Å²) in [5, 5.41) is 0. The van der Waals surface area contributed by atoms with E-state index in [0.717, 1.165) is 12.8 Å². The highest BCUT2D eigenvalue weighted by Crippen LogP contribution is 2.41. The van der Waals surface area contributed by atoms with Crippen molar-refractivity contribution in [2.75, 3.05) is 100 Å². The zero-order valence-electron chi connectivity index (χ0n) is 42.1. The lowest BCUT2D eigenvalue weighted by Gasteiger charge is -2.23. The van der Waals surface area contributed by atoms with Crippen molar-refractivity contribution in [1.82, 2.24) is 19.7 Å². The third-order valence-corrected chi connectivity index (χ3v) is 12.6. The van der Waals surface area contributed by atoms with E-state index in [0.29, 0.717) is 115 Å². The Morgan fingerprint density at radius 2 is 1.12 bits per heavy atom. The van der Waals surface area contributed by atoms with Gasteiger partial charge in [0.2, 0.25) is 5.91 Å². The van der Waals surface area contributed by atoms with Crippen LogP contribution in [0.5, 0.6) is 28.7 Å². The van der Waals surface area contributed by atoms with Crippen LogP contribution in [0.2, 0.25) is 0 Å². The monoisotopic (exact) mass is 994 g/mol. The Bertz CT molecular complexity index is 2410. The molecule has 2 aromatic carbocycles. The zero-order valence-corrected chi connectivity index (χ0v) is 42.1. The number of fused-ring (bicyclic) bond motifs is 4. The minimum absolute atomic E-state index is 0.0432. The fourth-order valence-electron chi connectivity index (χ4n) is 8.61. The number of rotatable bonds is 27. The number of methoxy groups -OCH3 is 3. The number of amides is 3. The quantitative estimate of drug-likeness (QED) is 0.0611. The first-order valence-electron chi connectivity index (χ1n) is 24.3. The van der Waals surface area contributed by atoms with Crippen LogP contribution in [0.15, 0.2) is 69.7 Å². The molecule has 7 rings (SSSR count). The Kier molecular flexibility index (Phi) is 19.3. The molecule has 2 saturated heterocycles. The maximum atomic E-state index is 13.7. The van der Waals surface area contributed by atoms with Gasteiger partial charge in [-0.3, -0.25) is 34.1 Å². The first kappa shape index (κ1) is 53.1. The van der Waals surface area contributed by atoms with Crippen LogP contribution in [-0.4, -0.2) is 168 Å². The van der Waals surface area contributed by atoms with Gasteiger partial charge in [0.1, 0.15) is 31.4 Å². The largest absolute Gasteiger partial charge is 0.493 e. The second-order valence-electron chi connectivity index (χ2n) is 17.5. The molecule has 2 atom stereocenters. The third kappa shape index (κ3) is 13.8. The maximum Gasteiger partial charge on any atom is 0.257 e. The molecule has 5 heterocycles. The van der Waals surface area contributed by atoms with E-state index in [-0.39, 0.29) is 87.9 Å². The van der Waals surface area contributed by atoms with E-state index >= 15 is 0 Å². The lowest BCUT2D eigenvalue weighted by molar-refractivity contribution is -0.133. The number of carbonyl (C=O) groups excluding carboxylic acids is 4. The van der Waals surface area contributed by atoms with Gasteiger partial charge < -0.3 is 57.3 Å². The minimum Gasteiger partial charge on any atom is -0.493 e. The van der Waals surface area contributed by atoms with Crippen LogP contribution >= 0.6 is 0 Å². The van der Waals surface area contributed by atoms with Gasteiger partial charge in [0, 0.05) is 69.9 Å². The second-order valence-corrected chi connectivity index (χ2v) is 17.5. The van der Waals surface area contributed by atoms with Gasteiger partial charge in [-0.15, -0.1) is 0 Å². The number of hydrogen-bond donors (Lipinski definition) is 0.